The van der Waals surface area contributed by atoms with Crippen LogP contribution in [0.1, 0.15) is 23.6 Å². The summed E-state index contributed by atoms with van der Waals surface area (Å²) in [6.45, 7) is 4.45. The predicted octanol–water partition coefficient (Wildman–Crippen LogP) is 5.05. The molecular weight excluding hydrogens is 330 g/mol. The summed E-state index contributed by atoms with van der Waals surface area (Å²) >= 11 is 6.42. The average molecular weight is 348 g/mol. The number of hydrogen-bond acceptors (Lipinski definition) is 2. The van der Waals surface area contributed by atoms with Crippen LogP contribution in [0.15, 0.2) is 55.0 Å². The second-order valence-electron chi connectivity index (χ2n) is 7.04. The highest BCUT2D eigenvalue weighted by Crippen LogP contribution is 2.59. The molecule has 1 aromatic carbocycles. The van der Waals surface area contributed by atoms with E-state index in [-0.39, 0.29) is 0 Å². The molecule has 2 aromatic heterocycles. The highest BCUT2D eigenvalue weighted by Gasteiger charge is 2.50. The summed E-state index contributed by atoms with van der Waals surface area (Å²) in [7, 11) is 0. The molecule has 2 aliphatic carbocycles. The second-order valence-corrected chi connectivity index (χ2v) is 7.45. The molecule has 3 atom stereocenters. The van der Waals surface area contributed by atoms with Crippen LogP contribution in [0, 0.1) is 24.7 Å². The van der Waals surface area contributed by atoms with Gasteiger partial charge >= 0.3 is 0 Å². The Kier molecular flexibility index (Phi) is 3.16. The molecule has 1 fully saturated rings. The summed E-state index contributed by atoms with van der Waals surface area (Å²) in [5.74, 6) is 1.90. The second kappa shape index (κ2) is 5.30. The lowest BCUT2D eigenvalue weighted by Gasteiger charge is -2.19. The van der Waals surface area contributed by atoms with E-state index in [1.807, 2.05) is 16.6 Å². The van der Waals surface area contributed by atoms with Gasteiger partial charge in [0.1, 0.15) is 6.33 Å². The van der Waals surface area contributed by atoms with Gasteiger partial charge in [0.05, 0.1) is 0 Å². The molecule has 0 saturated heterocycles. The lowest BCUT2D eigenvalue weighted by molar-refractivity contribution is 0.888. The van der Waals surface area contributed by atoms with Crippen LogP contribution in [0.2, 0.25) is 5.02 Å². The van der Waals surface area contributed by atoms with Crippen molar-refractivity contribution >= 4 is 28.4 Å². The Hall–Kier alpha value is -2.39. The van der Waals surface area contributed by atoms with Crippen LogP contribution in [0.25, 0.3) is 16.8 Å². The fourth-order valence-electron chi connectivity index (χ4n) is 4.17. The molecule has 124 valence electrons. The van der Waals surface area contributed by atoms with E-state index in [0.717, 1.165) is 16.2 Å². The zero-order chi connectivity index (χ0) is 17.1. The zero-order valence-electron chi connectivity index (χ0n) is 14.1. The third-order valence-electron chi connectivity index (χ3n) is 5.70. The Morgan fingerprint density at radius 1 is 1.16 bits per heavy atom. The van der Waals surface area contributed by atoms with E-state index in [4.69, 9.17) is 11.6 Å². The minimum atomic E-state index is 0.573. The number of fused-ring (bicyclic) bond motifs is 2. The number of pyridine rings is 1. The van der Waals surface area contributed by atoms with Gasteiger partial charge in [-0.15, -0.1) is 0 Å². The van der Waals surface area contributed by atoms with Gasteiger partial charge in [-0.2, -0.15) is 5.10 Å². The highest BCUT2D eigenvalue weighted by atomic mass is 35.5. The van der Waals surface area contributed by atoms with Crippen molar-refractivity contribution in [2.24, 2.45) is 17.8 Å². The molecule has 2 aliphatic rings. The van der Waals surface area contributed by atoms with Gasteiger partial charge in [0.25, 0.3) is 0 Å². The summed E-state index contributed by atoms with van der Waals surface area (Å²) < 4.78 is 1.83. The molecule has 0 bridgehead atoms. The van der Waals surface area contributed by atoms with E-state index in [2.05, 4.69) is 60.5 Å². The van der Waals surface area contributed by atoms with Gasteiger partial charge in [0.15, 0.2) is 5.65 Å². The first kappa shape index (κ1) is 14.9. The molecule has 3 nitrogen and oxygen atoms in total. The number of rotatable bonds is 2. The van der Waals surface area contributed by atoms with Crippen molar-refractivity contribution in [3.8, 4) is 0 Å². The lowest BCUT2D eigenvalue weighted by Crippen LogP contribution is -2.02. The maximum atomic E-state index is 6.42. The molecule has 0 radical (unpaired) electrons. The van der Waals surface area contributed by atoms with Gasteiger partial charge in [-0.3, -0.25) is 0 Å². The van der Waals surface area contributed by atoms with Crippen LogP contribution in [0.4, 0.5) is 0 Å². The Balaban J connectivity index is 1.76. The highest BCUT2D eigenvalue weighted by molar-refractivity contribution is 6.31. The minimum Gasteiger partial charge on any atom is -0.221 e. The van der Waals surface area contributed by atoms with Gasteiger partial charge in [-0.05, 0) is 65.1 Å². The summed E-state index contributed by atoms with van der Waals surface area (Å²) in [4.78, 5) is 4.24. The van der Waals surface area contributed by atoms with Crippen molar-refractivity contribution in [1.82, 2.24) is 14.6 Å². The molecule has 1 saturated carbocycles. The van der Waals surface area contributed by atoms with E-state index < -0.39 is 0 Å². The maximum Gasteiger partial charge on any atom is 0.155 e. The van der Waals surface area contributed by atoms with E-state index >= 15 is 0 Å². The monoisotopic (exact) mass is 347 g/mol. The predicted molar refractivity (Wildman–Crippen MR) is 101 cm³/mol. The normalized spacial score (nSPS) is 24.7. The molecule has 0 spiro atoms. The summed E-state index contributed by atoms with van der Waals surface area (Å²) in [5, 5.41) is 5.11. The molecular formula is C21H18ClN3. The number of halogens is 1. The van der Waals surface area contributed by atoms with Crippen molar-refractivity contribution in [3.63, 3.8) is 0 Å². The fourth-order valence-corrected chi connectivity index (χ4v) is 4.35. The number of allylic oxidation sites excluding steroid dienone is 4. The molecule has 2 heterocycles. The molecule has 5 rings (SSSR count). The molecule has 3 unspecified atom stereocenters. The van der Waals surface area contributed by atoms with Gasteiger partial charge in [0, 0.05) is 16.8 Å². The van der Waals surface area contributed by atoms with Crippen LogP contribution in [-0.4, -0.2) is 14.6 Å². The number of nitrogens with zero attached hydrogens (tertiary/aromatic N) is 3. The smallest absolute Gasteiger partial charge is 0.155 e. The Morgan fingerprint density at radius 2 is 2.04 bits per heavy atom. The summed E-state index contributed by atoms with van der Waals surface area (Å²) in [6, 6.07) is 10.4. The minimum absolute atomic E-state index is 0.573. The third kappa shape index (κ3) is 2.19. The Morgan fingerprint density at radius 3 is 2.92 bits per heavy atom. The van der Waals surface area contributed by atoms with Crippen molar-refractivity contribution in [2.45, 2.75) is 13.8 Å². The average Bonchev–Trinajstić information content (AvgIpc) is 3.06. The van der Waals surface area contributed by atoms with Crippen LogP contribution in [0.5, 0.6) is 0 Å². The SMILES string of the molecule is Cc1c(Cl)cccc1C1=C(c2ccc3ncnn3c2)C=CC2C(C)C12. The van der Waals surface area contributed by atoms with Crippen molar-refractivity contribution in [2.75, 3.05) is 0 Å². The zero-order valence-corrected chi connectivity index (χ0v) is 14.9. The van der Waals surface area contributed by atoms with Gasteiger partial charge in [-0.1, -0.05) is 42.8 Å². The van der Waals surface area contributed by atoms with Gasteiger partial charge in [-0.25, -0.2) is 9.50 Å². The lowest BCUT2D eigenvalue weighted by atomic mass is 9.86. The topological polar surface area (TPSA) is 30.2 Å². The Bertz CT molecular complexity index is 1060. The maximum absolute atomic E-state index is 6.42. The van der Waals surface area contributed by atoms with Crippen LogP contribution < -0.4 is 0 Å². The number of aromatic nitrogens is 3. The van der Waals surface area contributed by atoms with Gasteiger partial charge < -0.3 is 0 Å². The van der Waals surface area contributed by atoms with Crippen molar-refractivity contribution in [3.05, 3.63) is 76.7 Å². The van der Waals surface area contributed by atoms with Crippen molar-refractivity contribution < 1.29 is 0 Å². The first-order valence-electron chi connectivity index (χ1n) is 8.63. The molecule has 0 aliphatic heterocycles. The number of hydrogen-bond donors (Lipinski definition) is 0. The summed E-state index contributed by atoms with van der Waals surface area (Å²) in [6.07, 6.45) is 8.29. The first-order chi connectivity index (χ1) is 12.1. The van der Waals surface area contributed by atoms with Crippen LogP contribution in [-0.2, 0) is 0 Å². The van der Waals surface area contributed by atoms with E-state index in [9.17, 15) is 0 Å². The van der Waals surface area contributed by atoms with Crippen LogP contribution >= 0.6 is 11.6 Å². The summed E-state index contributed by atoms with van der Waals surface area (Å²) in [5.41, 5.74) is 7.15. The van der Waals surface area contributed by atoms with Crippen LogP contribution in [0.3, 0.4) is 0 Å². The third-order valence-corrected chi connectivity index (χ3v) is 6.11. The standard InChI is InChI=1S/C21H18ClN3/c1-12-15(4-3-5-18(12)22)21-17(8-7-16-13(2)20(16)21)14-6-9-19-23-11-24-25(19)10-14/h3-11,13,16,20H,1-2H3. The molecule has 3 aromatic rings. The van der Waals surface area contributed by atoms with E-state index in [1.165, 1.54) is 22.3 Å². The molecule has 0 N–H and O–H groups in total. The Labute approximate surface area is 151 Å². The largest absolute Gasteiger partial charge is 0.221 e. The van der Waals surface area contributed by atoms with Gasteiger partial charge in [0.2, 0.25) is 0 Å². The van der Waals surface area contributed by atoms with E-state index in [1.54, 1.807) is 6.33 Å². The van der Waals surface area contributed by atoms with E-state index in [0.29, 0.717) is 17.8 Å². The quantitative estimate of drug-likeness (QED) is 0.649. The fraction of sp³-hybridized carbons (Fsp3) is 0.238. The molecule has 0 amide bonds. The number of benzene rings is 1. The first-order valence-corrected chi connectivity index (χ1v) is 9.00. The molecule has 4 heteroatoms. The van der Waals surface area contributed by atoms with Crippen molar-refractivity contribution in [1.29, 1.82) is 0 Å². The molecule has 25 heavy (non-hydrogen) atoms.